The molecule has 0 aromatic heterocycles. The molecule has 0 amide bonds. The lowest BCUT2D eigenvalue weighted by atomic mass is 10.2. The number of hydrogen-bond donors (Lipinski definition) is 1. The smallest absolute Gasteiger partial charge is 0.0205 e. The Kier molecular flexibility index (Phi) is 5.95. The summed E-state index contributed by atoms with van der Waals surface area (Å²) in [5.74, 6) is 0. The third-order valence-corrected chi connectivity index (χ3v) is 4.27. The Bertz CT molecular complexity index is 493. The Morgan fingerprint density at radius 1 is 0.947 bits per heavy atom. The average molecular weight is 336 g/mol. The highest BCUT2D eigenvalue weighted by atomic mass is 79.9. The van der Waals surface area contributed by atoms with Crippen LogP contribution in [-0.4, -0.2) is 6.54 Å². The summed E-state index contributed by atoms with van der Waals surface area (Å²) in [5.41, 5.74) is 1.34. The fraction of sp³-hybridized carbons (Fsp3) is 0.250. The van der Waals surface area contributed by atoms with Crippen molar-refractivity contribution in [2.45, 2.75) is 29.7 Å². The van der Waals surface area contributed by atoms with Crippen molar-refractivity contribution < 1.29 is 0 Å². The van der Waals surface area contributed by atoms with Gasteiger partial charge >= 0.3 is 0 Å². The summed E-state index contributed by atoms with van der Waals surface area (Å²) >= 11 is 5.25. The summed E-state index contributed by atoms with van der Waals surface area (Å²) in [6, 6.07) is 17.2. The predicted molar refractivity (Wildman–Crippen MR) is 86.7 cm³/mol. The van der Waals surface area contributed by atoms with Gasteiger partial charge in [-0.2, -0.15) is 0 Å². The second-order valence-electron chi connectivity index (χ2n) is 4.38. The number of benzene rings is 2. The van der Waals surface area contributed by atoms with E-state index < -0.39 is 0 Å². The van der Waals surface area contributed by atoms with Crippen molar-refractivity contribution in [2.75, 3.05) is 6.54 Å². The first kappa shape index (κ1) is 14.6. The Balaban J connectivity index is 1.92. The van der Waals surface area contributed by atoms with Gasteiger partial charge in [0.2, 0.25) is 0 Å². The third kappa shape index (κ3) is 5.01. The molecule has 3 heteroatoms. The molecule has 2 rings (SSSR count). The minimum atomic E-state index is 0.955. The zero-order chi connectivity index (χ0) is 13.5. The van der Waals surface area contributed by atoms with Gasteiger partial charge < -0.3 is 5.32 Å². The summed E-state index contributed by atoms with van der Waals surface area (Å²) in [6.45, 7) is 4.22. The number of halogens is 1. The van der Waals surface area contributed by atoms with Crippen molar-refractivity contribution >= 4 is 27.7 Å². The van der Waals surface area contributed by atoms with Gasteiger partial charge in [-0.25, -0.2) is 0 Å². The molecule has 1 nitrogen and oxygen atoms in total. The van der Waals surface area contributed by atoms with Crippen molar-refractivity contribution in [2.24, 2.45) is 0 Å². The van der Waals surface area contributed by atoms with Crippen LogP contribution >= 0.6 is 27.7 Å². The van der Waals surface area contributed by atoms with E-state index in [2.05, 4.69) is 76.7 Å². The second kappa shape index (κ2) is 7.73. The van der Waals surface area contributed by atoms with Crippen molar-refractivity contribution in [1.82, 2.24) is 5.32 Å². The van der Waals surface area contributed by atoms with Crippen LogP contribution in [0.5, 0.6) is 0 Å². The third-order valence-electron chi connectivity index (χ3n) is 2.73. The van der Waals surface area contributed by atoms with E-state index in [0.717, 1.165) is 17.6 Å². The molecule has 2 aromatic carbocycles. The summed E-state index contributed by atoms with van der Waals surface area (Å²) in [5, 5.41) is 3.41. The lowest BCUT2D eigenvalue weighted by molar-refractivity contribution is 0.675. The van der Waals surface area contributed by atoms with Gasteiger partial charge in [0.15, 0.2) is 0 Å². The molecule has 0 aliphatic rings. The van der Waals surface area contributed by atoms with Crippen LogP contribution in [0.1, 0.15) is 18.9 Å². The molecule has 0 bridgehead atoms. The molecule has 19 heavy (non-hydrogen) atoms. The second-order valence-corrected chi connectivity index (χ2v) is 6.44. The molecule has 0 fully saturated rings. The van der Waals surface area contributed by atoms with E-state index >= 15 is 0 Å². The highest BCUT2D eigenvalue weighted by Gasteiger charge is 1.98. The summed E-state index contributed by atoms with van der Waals surface area (Å²) < 4.78 is 1.12. The molecule has 0 aliphatic carbocycles. The Labute approximate surface area is 127 Å². The van der Waals surface area contributed by atoms with Crippen LogP contribution < -0.4 is 5.32 Å². The summed E-state index contributed by atoms with van der Waals surface area (Å²) in [7, 11) is 0. The molecule has 0 unspecified atom stereocenters. The van der Waals surface area contributed by atoms with Crippen molar-refractivity contribution in [1.29, 1.82) is 0 Å². The molecule has 0 saturated heterocycles. The largest absolute Gasteiger partial charge is 0.313 e. The van der Waals surface area contributed by atoms with Gasteiger partial charge in [-0.3, -0.25) is 0 Å². The minimum Gasteiger partial charge on any atom is -0.313 e. The summed E-state index contributed by atoms with van der Waals surface area (Å²) in [4.78, 5) is 2.54. The monoisotopic (exact) mass is 335 g/mol. The van der Waals surface area contributed by atoms with Gasteiger partial charge in [0, 0.05) is 20.8 Å². The molecule has 0 saturated carbocycles. The molecular formula is C16H18BrNS. The zero-order valence-electron chi connectivity index (χ0n) is 11.0. The average Bonchev–Trinajstić information content (AvgIpc) is 2.44. The molecule has 0 atom stereocenters. The first-order valence-corrected chi connectivity index (χ1v) is 8.12. The van der Waals surface area contributed by atoms with E-state index in [1.807, 2.05) is 0 Å². The normalized spacial score (nSPS) is 10.6. The van der Waals surface area contributed by atoms with E-state index in [1.165, 1.54) is 21.8 Å². The maximum Gasteiger partial charge on any atom is 0.0205 e. The van der Waals surface area contributed by atoms with Gasteiger partial charge in [-0.15, -0.1) is 0 Å². The molecule has 0 aliphatic heterocycles. The summed E-state index contributed by atoms with van der Waals surface area (Å²) in [6.07, 6.45) is 1.18. The first-order valence-electron chi connectivity index (χ1n) is 6.51. The zero-order valence-corrected chi connectivity index (χ0v) is 13.4. The molecular weight excluding hydrogens is 318 g/mol. The van der Waals surface area contributed by atoms with E-state index in [1.54, 1.807) is 11.8 Å². The molecule has 1 N–H and O–H groups in total. The lowest BCUT2D eigenvalue weighted by Crippen LogP contribution is -2.13. The highest BCUT2D eigenvalue weighted by molar-refractivity contribution is 9.10. The standard InChI is InChI=1S/C16H18BrNS/c1-2-11-18-12-13-3-7-15(8-4-13)19-16-9-5-14(17)6-10-16/h3-10,18H,2,11-12H2,1H3. The van der Waals surface area contributed by atoms with Crippen molar-refractivity contribution in [3.05, 3.63) is 58.6 Å². The number of nitrogens with one attached hydrogen (secondary N) is 1. The van der Waals surface area contributed by atoms with E-state index in [0.29, 0.717) is 0 Å². The fourth-order valence-electron chi connectivity index (χ4n) is 1.72. The van der Waals surface area contributed by atoms with E-state index in [4.69, 9.17) is 0 Å². The SMILES string of the molecule is CCCNCc1ccc(Sc2ccc(Br)cc2)cc1. The molecule has 0 radical (unpaired) electrons. The topological polar surface area (TPSA) is 12.0 Å². The van der Waals surface area contributed by atoms with Gasteiger partial charge in [-0.1, -0.05) is 46.7 Å². The maximum absolute atomic E-state index is 3.45. The molecule has 2 aromatic rings. The van der Waals surface area contributed by atoms with Gasteiger partial charge in [-0.05, 0) is 54.9 Å². The van der Waals surface area contributed by atoms with Crippen LogP contribution in [0.2, 0.25) is 0 Å². The Hall–Kier alpha value is -0.770. The molecule has 100 valence electrons. The quantitative estimate of drug-likeness (QED) is 0.737. The van der Waals surface area contributed by atoms with Crippen LogP contribution in [0.25, 0.3) is 0 Å². The van der Waals surface area contributed by atoms with E-state index in [9.17, 15) is 0 Å². The van der Waals surface area contributed by atoms with Crippen LogP contribution in [-0.2, 0) is 6.54 Å². The van der Waals surface area contributed by atoms with Gasteiger partial charge in [0.05, 0.1) is 0 Å². The minimum absolute atomic E-state index is 0.955. The van der Waals surface area contributed by atoms with Crippen LogP contribution in [0.15, 0.2) is 62.8 Å². The fourth-order valence-corrected chi connectivity index (χ4v) is 2.80. The van der Waals surface area contributed by atoms with Crippen molar-refractivity contribution in [3.63, 3.8) is 0 Å². The molecule has 0 heterocycles. The first-order chi connectivity index (χ1) is 9.28. The highest BCUT2D eigenvalue weighted by Crippen LogP contribution is 2.28. The van der Waals surface area contributed by atoms with Crippen LogP contribution in [0, 0.1) is 0 Å². The molecule has 0 spiro atoms. The van der Waals surface area contributed by atoms with E-state index in [-0.39, 0.29) is 0 Å². The Morgan fingerprint density at radius 3 is 2.11 bits per heavy atom. The number of hydrogen-bond acceptors (Lipinski definition) is 2. The van der Waals surface area contributed by atoms with Crippen LogP contribution in [0.3, 0.4) is 0 Å². The van der Waals surface area contributed by atoms with Gasteiger partial charge in [0.25, 0.3) is 0 Å². The maximum atomic E-state index is 3.45. The van der Waals surface area contributed by atoms with Crippen molar-refractivity contribution in [3.8, 4) is 0 Å². The lowest BCUT2D eigenvalue weighted by Gasteiger charge is -2.05. The van der Waals surface area contributed by atoms with Gasteiger partial charge in [0.1, 0.15) is 0 Å². The van der Waals surface area contributed by atoms with Crippen LogP contribution in [0.4, 0.5) is 0 Å². The number of rotatable bonds is 6. The predicted octanol–water partition coefficient (Wildman–Crippen LogP) is 5.10. The Morgan fingerprint density at radius 2 is 1.53 bits per heavy atom.